The zero-order chi connectivity index (χ0) is 20.3. The molecule has 1 fully saturated rings. The van der Waals surface area contributed by atoms with Gasteiger partial charge in [-0.3, -0.25) is 4.79 Å². The highest BCUT2D eigenvalue weighted by Gasteiger charge is 2.29. The molecule has 1 N–H and O–H groups in total. The summed E-state index contributed by atoms with van der Waals surface area (Å²) < 4.78 is 40.0. The molecule has 2 aliphatic rings. The van der Waals surface area contributed by atoms with Gasteiger partial charge >= 0.3 is 0 Å². The lowest BCUT2D eigenvalue weighted by atomic mass is 10.1. The first-order chi connectivity index (χ1) is 14.0. The van der Waals surface area contributed by atoms with E-state index in [9.17, 15) is 13.2 Å². The van der Waals surface area contributed by atoms with Crippen LogP contribution in [0.5, 0.6) is 11.5 Å². The highest BCUT2D eigenvalue weighted by atomic mass is 32.2. The van der Waals surface area contributed by atoms with Crippen molar-refractivity contribution in [1.29, 1.82) is 0 Å². The molecule has 0 saturated carbocycles. The molecule has 0 spiro atoms. The molecule has 11 heteroatoms. The normalized spacial score (nSPS) is 22.3. The molecule has 1 aromatic carbocycles. The summed E-state index contributed by atoms with van der Waals surface area (Å²) in [7, 11) is -2.93. The molecule has 2 aliphatic heterocycles. The largest absolute Gasteiger partial charge is 0.486 e. The maximum Gasteiger partial charge on any atom is 0.277 e. The SMILES string of the molecule is O=C(CSc1nnc(C[C@H]2CCS(=O)(=O)C2)o1)NC[C@@H]1COc2ccccc2O1. The molecule has 0 radical (unpaired) electrons. The third-order valence-electron chi connectivity index (χ3n) is 4.66. The molecule has 0 unspecified atom stereocenters. The average Bonchev–Trinajstić information content (AvgIpc) is 3.30. The van der Waals surface area contributed by atoms with Gasteiger partial charge in [-0.25, -0.2) is 8.42 Å². The van der Waals surface area contributed by atoms with E-state index in [1.54, 1.807) is 0 Å². The van der Waals surface area contributed by atoms with Crippen LogP contribution in [0.1, 0.15) is 12.3 Å². The van der Waals surface area contributed by atoms with Crippen LogP contribution in [0, 0.1) is 5.92 Å². The van der Waals surface area contributed by atoms with Gasteiger partial charge in [0.25, 0.3) is 5.22 Å². The minimum absolute atomic E-state index is 0.0180. The fraction of sp³-hybridized carbons (Fsp3) is 0.500. The predicted octanol–water partition coefficient (Wildman–Crippen LogP) is 1.10. The van der Waals surface area contributed by atoms with Crippen molar-refractivity contribution in [2.24, 2.45) is 5.92 Å². The van der Waals surface area contributed by atoms with Gasteiger partial charge in [0.15, 0.2) is 21.3 Å². The van der Waals surface area contributed by atoms with Crippen LogP contribution in [-0.4, -0.2) is 61.0 Å². The Hall–Kier alpha value is -2.27. The number of para-hydroxylation sites is 2. The van der Waals surface area contributed by atoms with E-state index in [0.717, 1.165) is 11.8 Å². The Balaban J connectivity index is 1.18. The molecule has 3 heterocycles. The second-order valence-electron chi connectivity index (χ2n) is 7.03. The second-order valence-corrected chi connectivity index (χ2v) is 10.2. The van der Waals surface area contributed by atoms with Crippen molar-refractivity contribution in [2.75, 3.05) is 30.4 Å². The number of amides is 1. The molecule has 0 aliphatic carbocycles. The summed E-state index contributed by atoms with van der Waals surface area (Å²) in [4.78, 5) is 12.1. The molecule has 29 heavy (non-hydrogen) atoms. The number of carbonyl (C=O) groups excluding carboxylic acids is 1. The second kappa shape index (κ2) is 8.62. The number of sulfone groups is 1. The van der Waals surface area contributed by atoms with Crippen molar-refractivity contribution in [3.05, 3.63) is 30.2 Å². The summed E-state index contributed by atoms with van der Waals surface area (Å²) in [5, 5.41) is 11.0. The topological polar surface area (TPSA) is 121 Å². The van der Waals surface area contributed by atoms with E-state index >= 15 is 0 Å². The number of carbonyl (C=O) groups is 1. The van der Waals surface area contributed by atoms with E-state index in [1.807, 2.05) is 24.3 Å². The van der Waals surface area contributed by atoms with Crippen molar-refractivity contribution in [2.45, 2.75) is 24.2 Å². The van der Waals surface area contributed by atoms with Gasteiger partial charge in [0, 0.05) is 6.42 Å². The van der Waals surface area contributed by atoms with Crippen molar-refractivity contribution >= 4 is 27.5 Å². The van der Waals surface area contributed by atoms with Crippen LogP contribution < -0.4 is 14.8 Å². The first kappa shape index (κ1) is 20.0. The quantitative estimate of drug-likeness (QED) is 0.632. The van der Waals surface area contributed by atoms with Gasteiger partial charge in [0.1, 0.15) is 12.7 Å². The first-order valence-corrected chi connectivity index (χ1v) is 12.1. The highest BCUT2D eigenvalue weighted by Crippen LogP contribution is 2.30. The zero-order valence-corrected chi connectivity index (χ0v) is 17.2. The Morgan fingerprint density at radius 1 is 1.24 bits per heavy atom. The Labute approximate surface area is 172 Å². The number of rotatable bonds is 7. The smallest absolute Gasteiger partial charge is 0.277 e. The molecule has 2 aromatic rings. The van der Waals surface area contributed by atoms with Gasteiger partial charge in [0.05, 0.1) is 23.8 Å². The van der Waals surface area contributed by atoms with Crippen molar-refractivity contribution in [1.82, 2.24) is 15.5 Å². The van der Waals surface area contributed by atoms with Crippen LogP contribution in [0.2, 0.25) is 0 Å². The number of nitrogens with zero attached hydrogens (tertiary/aromatic N) is 2. The molecule has 1 aromatic heterocycles. The number of fused-ring (bicyclic) bond motifs is 1. The summed E-state index contributed by atoms with van der Waals surface area (Å²) in [5.74, 6) is 2.12. The maximum absolute atomic E-state index is 12.1. The number of benzene rings is 1. The monoisotopic (exact) mass is 439 g/mol. The van der Waals surface area contributed by atoms with Gasteiger partial charge in [-0.15, -0.1) is 10.2 Å². The third kappa shape index (κ3) is 5.41. The van der Waals surface area contributed by atoms with Gasteiger partial charge in [-0.05, 0) is 24.5 Å². The summed E-state index contributed by atoms with van der Waals surface area (Å²) in [6.07, 6.45) is 0.809. The predicted molar refractivity (Wildman–Crippen MR) is 105 cm³/mol. The number of nitrogens with one attached hydrogen (secondary N) is 1. The van der Waals surface area contributed by atoms with E-state index in [1.165, 1.54) is 0 Å². The lowest BCUT2D eigenvalue weighted by molar-refractivity contribution is -0.119. The van der Waals surface area contributed by atoms with Crippen LogP contribution in [0.3, 0.4) is 0 Å². The summed E-state index contributed by atoms with van der Waals surface area (Å²) in [6.45, 7) is 0.702. The van der Waals surface area contributed by atoms with Gasteiger partial charge < -0.3 is 19.2 Å². The molecule has 9 nitrogen and oxygen atoms in total. The highest BCUT2D eigenvalue weighted by molar-refractivity contribution is 7.99. The van der Waals surface area contributed by atoms with Crippen LogP contribution in [0.25, 0.3) is 0 Å². The van der Waals surface area contributed by atoms with Gasteiger partial charge in [-0.1, -0.05) is 23.9 Å². The van der Waals surface area contributed by atoms with Crippen molar-refractivity contribution in [3.63, 3.8) is 0 Å². The zero-order valence-electron chi connectivity index (χ0n) is 15.6. The van der Waals surface area contributed by atoms with Crippen LogP contribution in [0.4, 0.5) is 0 Å². The minimum atomic E-state index is -2.93. The van der Waals surface area contributed by atoms with Crippen molar-refractivity contribution < 1.29 is 27.1 Å². The van der Waals surface area contributed by atoms with Gasteiger partial charge in [0.2, 0.25) is 11.8 Å². The average molecular weight is 440 g/mol. The van der Waals surface area contributed by atoms with Crippen LogP contribution >= 0.6 is 11.8 Å². The van der Waals surface area contributed by atoms with E-state index in [4.69, 9.17) is 13.9 Å². The lowest BCUT2D eigenvalue weighted by Crippen LogP contribution is -2.41. The molecular weight excluding hydrogens is 418 g/mol. The lowest BCUT2D eigenvalue weighted by Gasteiger charge is -2.26. The van der Waals surface area contributed by atoms with Crippen molar-refractivity contribution in [3.8, 4) is 11.5 Å². The third-order valence-corrected chi connectivity index (χ3v) is 7.31. The number of hydrogen-bond donors (Lipinski definition) is 1. The molecular formula is C18H21N3O6S2. The Morgan fingerprint density at radius 3 is 2.86 bits per heavy atom. The summed E-state index contributed by atoms with van der Waals surface area (Å²) >= 11 is 1.14. The van der Waals surface area contributed by atoms with E-state index in [2.05, 4.69) is 15.5 Å². The summed E-state index contributed by atoms with van der Waals surface area (Å²) in [6, 6.07) is 7.41. The molecule has 156 valence electrons. The molecule has 1 saturated heterocycles. The Kier molecular flexibility index (Phi) is 5.95. The fourth-order valence-electron chi connectivity index (χ4n) is 3.23. The molecule has 1 amide bonds. The first-order valence-electron chi connectivity index (χ1n) is 9.27. The van der Waals surface area contributed by atoms with Crippen LogP contribution in [0.15, 0.2) is 33.9 Å². The number of aromatic nitrogens is 2. The Bertz CT molecular complexity index is 977. The molecule has 2 atom stereocenters. The standard InChI is InChI=1S/C18H21N3O6S2/c22-16(19-8-13-9-25-14-3-1-2-4-15(14)26-13)10-28-18-21-20-17(27-18)7-12-5-6-29(23,24)11-12/h1-4,12-13H,5-11H2,(H,19,22)/t12-,13-/m1/s1. The van der Waals surface area contributed by atoms with E-state index in [-0.39, 0.29) is 35.2 Å². The number of ether oxygens (including phenoxy) is 2. The summed E-state index contributed by atoms with van der Waals surface area (Å²) in [5.41, 5.74) is 0. The Morgan fingerprint density at radius 2 is 2.07 bits per heavy atom. The fourth-order valence-corrected chi connectivity index (χ4v) is 5.70. The van der Waals surface area contributed by atoms with E-state index in [0.29, 0.717) is 48.6 Å². The number of thioether (sulfide) groups is 1. The van der Waals surface area contributed by atoms with Crippen LogP contribution in [-0.2, 0) is 21.1 Å². The molecule has 4 rings (SSSR count). The van der Waals surface area contributed by atoms with E-state index < -0.39 is 9.84 Å². The van der Waals surface area contributed by atoms with Gasteiger partial charge in [-0.2, -0.15) is 0 Å². The maximum atomic E-state index is 12.1. The number of hydrogen-bond acceptors (Lipinski definition) is 9. The minimum Gasteiger partial charge on any atom is -0.486 e. The molecule has 0 bridgehead atoms.